The van der Waals surface area contributed by atoms with E-state index in [0.717, 1.165) is 19.4 Å². The molecule has 2 N–H and O–H groups in total. The summed E-state index contributed by atoms with van der Waals surface area (Å²) in [4.78, 5) is 15.0. The number of aromatic carboxylic acids is 1. The molecule has 0 spiro atoms. The van der Waals surface area contributed by atoms with Crippen molar-refractivity contribution in [3.8, 4) is 0 Å². The van der Waals surface area contributed by atoms with Crippen LogP contribution in [0.5, 0.6) is 0 Å². The second-order valence-corrected chi connectivity index (χ2v) is 3.39. The molecule has 0 aromatic carbocycles. The van der Waals surface area contributed by atoms with Crippen molar-refractivity contribution in [1.82, 2.24) is 10.3 Å². The molecule has 1 atom stereocenters. The van der Waals surface area contributed by atoms with Gasteiger partial charge >= 0.3 is 5.97 Å². The molecule has 1 aliphatic rings. The van der Waals surface area contributed by atoms with Crippen molar-refractivity contribution < 1.29 is 9.90 Å². The smallest absolute Gasteiger partial charge is 0.337 e. The van der Waals surface area contributed by atoms with E-state index in [-0.39, 0.29) is 6.04 Å². The summed E-state index contributed by atoms with van der Waals surface area (Å²) in [5, 5.41) is 12.2. The van der Waals surface area contributed by atoms with Crippen LogP contribution in [0.4, 0.5) is 0 Å². The van der Waals surface area contributed by atoms with E-state index in [4.69, 9.17) is 5.11 Å². The first-order valence-corrected chi connectivity index (χ1v) is 4.70. The van der Waals surface area contributed by atoms with Crippen LogP contribution in [0.3, 0.4) is 0 Å². The summed E-state index contributed by atoms with van der Waals surface area (Å²) < 4.78 is 0. The highest BCUT2D eigenvalue weighted by atomic mass is 16.4. The maximum atomic E-state index is 10.9. The average molecular weight is 192 g/mol. The van der Waals surface area contributed by atoms with E-state index in [1.54, 1.807) is 18.3 Å². The van der Waals surface area contributed by atoms with Crippen molar-refractivity contribution in [1.29, 1.82) is 0 Å². The zero-order valence-corrected chi connectivity index (χ0v) is 7.73. The summed E-state index contributed by atoms with van der Waals surface area (Å²) in [5.41, 5.74) is 0.976. The third-order valence-electron chi connectivity index (χ3n) is 2.46. The Kier molecular flexibility index (Phi) is 2.45. The number of hydrogen-bond donors (Lipinski definition) is 2. The lowest BCUT2D eigenvalue weighted by Crippen LogP contribution is -2.17. The van der Waals surface area contributed by atoms with Gasteiger partial charge in [-0.2, -0.15) is 0 Å². The van der Waals surface area contributed by atoms with Gasteiger partial charge in [-0.25, -0.2) is 4.79 Å². The number of carbonyl (C=O) groups is 1. The van der Waals surface area contributed by atoms with E-state index in [9.17, 15) is 4.79 Å². The Hall–Kier alpha value is -1.42. The molecule has 1 aromatic rings. The molecule has 14 heavy (non-hydrogen) atoms. The third-order valence-corrected chi connectivity index (χ3v) is 2.46. The van der Waals surface area contributed by atoms with Crippen LogP contribution in [0.2, 0.25) is 0 Å². The van der Waals surface area contributed by atoms with E-state index < -0.39 is 5.97 Å². The SMILES string of the molecule is O=C(O)c1cccnc1[C@@H]1CCCN1. The second-order valence-electron chi connectivity index (χ2n) is 3.39. The molecule has 1 saturated heterocycles. The number of aromatic nitrogens is 1. The number of carboxylic acid groups (broad SMARTS) is 1. The molecular weight excluding hydrogens is 180 g/mol. The van der Waals surface area contributed by atoms with Crippen LogP contribution >= 0.6 is 0 Å². The number of hydrogen-bond acceptors (Lipinski definition) is 3. The van der Waals surface area contributed by atoms with E-state index in [1.165, 1.54) is 0 Å². The Morgan fingerprint density at radius 3 is 3.14 bits per heavy atom. The van der Waals surface area contributed by atoms with Crippen LogP contribution in [-0.2, 0) is 0 Å². The van der Waals surface area contributed by atoms with Crippen molar-refractivity contribution in [2.24, 2.45) is 0 Å². The van der Waals surface area contributed by atoms with E-state index in [1.807, 2.05) is 0 Å². The zero-order valence-electron chi connectivity index (χ0n) is 7.73. The monoisotopic (exact) mass is 192 g/mol. The van der Waals surface area contributed by atoms with E-state index >= 15 is 0 Å². The van der Waals surface area contributed by atoms with Gasteiger partial charge in [-0.1, -0.05) is 0 Å². The van der Waals surface area contributed by atoms with Crippen molar-refractivity contribution in [2.45, 2.75) is 18.9 Å². The molecule has 0 aliphatic carbocycles. The van der Waals surface area contributed by atoms with Gasteiger partial charge in [-0.05, 0) is 31.5 Å². The summed E-state index contributed by atoms with van der Waals surface area (Å²) in [5.74, 6) is -0.901. The first kappa shape index (κ1) is 9.15. The largest absolute Gasteiger partial charge is 0.478 e. The van der Waals surface area contributed by atoms with Crippen molar-refractivity contribution >= 4 is 5.97 Å². The Morgan fingerprint density at radius 1 is 1.64 bits per heavy atom. The standard InChI is InChI=1S/C10H12N2O2/c13-10(14)7-3-1-6-12-9(7)8-4-2-5-11-8/h1,3,6,8,11H,2,4-5H2,(H,13,14)/t8-/m0/s1. The fourth-order valence-electron chi connectivity index (χ4n) is 1.79. The zero-order chi connectivity index (χ0) is 9.97. The Bertz CT molecular complexity index is 346. The minimum atomic E-state index is -0.901. The van der Waals surface area contributed by atoms with Gasteiger partial charge in [-0.15, -0.1) is 0 Å². The number of pyridine rings is 1. The second kappa shape index (κ2) is 3.75. The number of nitrogens with one attached hydrogen (secondary N) is 1. The molecule has 1 fully saturated rings. The maximum Gasteiger partial charge on any atom is 0.337 e. The molecular formula is C10H12N2O2. The van der Waals surface area contributed by atoms with Gasteiger partial charge in [-0.3, -0.25) is 4.98 Å². The van der Waals surface area contributed by atoms with Gasteiger partial charge in [0.25, 0.3) is 0 Å². The van der Waals surface area contributed by atoms with Crippen molar-refractivity contribution in [3.05, 3.63) is 29.6 Å². The van der Waals surface area contributed by atoms with Crippen LogP contribution in [0.1, 0.15) is 34.9 Å². The fourth-order valence-corrected chi connectivity index (χ4v) is 1.79. The lowest BCUT2D eigenvalue weighted by atomic mass is 10.1. The molecule has 0 saturated carbocycles. The van der Waals surface area contributed by atoms with Crippen molar-refractivity contribution in [3.63, 3.8) is 0 Å². The molecule has 2 heterocycles. The molecule has 4 heteroatoms. The average Bonchev–Trinajstić information content (AvgIpc) is 2.70. The normalized spacial score (nSPS) is 21.0. The molecule has 74 valence electrons. The van der Waals surface area contributed by atoms with Gasteiger partial charge in [0.2, 0.25) is 0 Å². The van der Waals surface area contributed by atoms with E-state index in [2.05, 4.69) is 10.3 Å². The summed E-state index contributed by atoms with van der Waals surface area (Å²) in [6.45, 7) is 0.945. The minimum Gasteiger partial charge on any atom is -0.478 e. The maximum absolute atomic E-state index is 10.9. The predicted octanol–water partition coefficient (Wildman–Crippen LogP) is 1.20. The summed E-state index contributed by atoms with van der Waals surface area (Å²) in [6.07, 6.45) is 3.69. The number of rotatable bonds is 2. The molecule has 0 unspecified atom stereocenters. The van der Waals surface area contributed by atoms with Crippen LogP contribution in [0.15, 0.2) is 18.3 Å². The molecule has 0 amide bonds. The van der Waals surface area contributed by atoms with Crippen LogP contribution in [-0.4, -0.2) is 22.6 Å². The predicted molar refractivity (Wildman–Crippen MR) is 51.2 cm³/mol. The third kappa shape index (κ3) is 1.61. The summed E-state index contributed by atoms with van der Waals surface area (Å²) in [7, 11) is 0. The van der Waals surface area contributed by atoms with E-state index in [0.29, 0.717) is 11.3 Å². The van der Waals surface area contributed by atoms with Crippen LogP contribution in [0, 0.1) is 0 Å². The molecule has 1 aliphatic heterocycles. The first-order chi connectivity index (χ1) is 6.79. The highest BCUT2D eigenvalue weighted by Crippen LogP contribution is 2.23. The highest BCUT2D eigenvalue weighted by Gasteiger charge is 2.22. The van der Waals surface area contributed by atoms with Gasteiger partial charge in [0.15, 0.2) is 0 Å². The molecule has 1 aromatic heterocycles. The number of carboxylic acids is 1. The fraction of sp³-hybridized carbons (Fsp3) is 0.400. The van der Waals surface area contributed by atoms with Gasteiger partial charge < -0.3 is 10.4 Å². The first-order valence-electron chi connectivity index (χ1n) is 4.70. The van der Waals surface area contributed by atoms with Crippen LogP contribution < -0.4 is 5.32 Å². The minimum absolute atomic E-state index is 0.113. The van der Waals surface area contributed by atoms with Gasteiger partial charge in [0.1, 0.15) is 0 Å². The van der Waals surface area contributed by atoms with Crippen LogP contribution in [0.25, 0.3) is 0 Å². The highest BCUT2D eigenvalue weighted by molar-refractivity contribution is 5.88. The summed E-state index contributed by atoms with van der Waals surface area (Å²) >= 11 is 0. The Morgan fingerprint density at radius 2 is 2.50 bits per heavy atom. The Balaban J connectivity index is 2.35. The molecule has 0 radical (unpaired) electrons. The lowest BCUT2D eigenvalue weighted by molar-refractivity contribution is 0.0694. The lowest BCUT2D eigenvalue weighted by Gasteiger charge is -2.11. The molecule has 0 bridgehead atoms. The molecule has 2 rings (SSSR count). The van der Waals surface area contributed by atoms with Crippen molar-refractivity contribution in [2.75, 3.05) is 6.54 Å². The topological polar surface area (TPSA) is 62.2 Å². The summed E-state index contributed by atoms with van der Waals surface area (Å²) in [6, 6.07) is 3.37. The Labute approximate surface area is 82.0 Å². The molecule has 4 nitrogen and oxygen atoms in total. The number of nitrogens with zero attached hydrogens (tertiary/aromatic N) is 1. The van der Waals surface area contributed by atoms with Gasteiger partial charge in [0, 0.05) is 6.20 Å². The quantitative estimate of drug-likeness (QED) is 0.739. The van der Waals surface area contributed by atoms with Gasteiger partial charge in [0.05, 0.1) is 17.3 Å².